The Kier molecular flexibility index (Phi) is 3.52. The molecule has 5 nitrogen and oxygen atoms in total. The maximum Gasteiger partial charge on any atom is 0.335 e. The van der Waals surface area contributed by atoms with Gasteiger partial charge in [0.1, 0.15) is 5.82 Å². The van der Waals surface area contributed by atoms with Gasteiger partial charge in [-0.15, -0.1) is 0 Å². The van der Waals surface area contributed by atoms with Crippen LogP contribution in [0.3, 0.4) is 0 Å². The summed E-state index contributed by atoms with van der Waals surface area (Å²) >= 11 is 0. The van der Waals surface area contributed by atoms with E-state index in [1.54, 1.807) is 6.20 Å². The van der Waals surface area contributed by atoms with Crippen LogP contribution in [0.5, 0.6) is 0 Å². The maximum absolute atomic E-state index is 10.8. The van der Waals surface area contributed by atoms with Gasteiger partial charge in [0.05, 0.1) is 17.3 Å². The van der Waals surface area contributed by atoms with E-state index in [4.69, 9.17) is 5.11 Å². The molecule has 1 unspecified atom stereocenters. The molecule has 2 N–H and O–H groups in total. The molecule has 0 fully saturated rings. The number of nitrogens with zero attached hydrogens (tertiary/aromatic N) is 2. The molecule has 92 valence electrons. The van der Waals surface area contributed by atoms with Crippen LogP contribution in [0.4, 0.5) is 5.82 Å². The third-order valence-corrected chi connectivity index (χ3v) is 2.50. The molecule has 2 rings (SSSR count). The zero-order valence-electron chi connectivity index (χ0n) is 9.87. The van der Waals surface area contributed by atoms with Gasteiger partial charge in [-0.1, -0.05) is 6.07 Å². The van der Waals surface area contributed by atoms with Crippen LogP contribution in [-0.4, -0.2) is 21.0 Å². The van der Waals surface area contributed by atoms with Gasteiger partial charge in [0.15, 0.2) is 0 Å². The van der Waals surface area contributed by atoms with Crippen LogP contribution in [0.1, 0.15) is 29.0 Å². The summed E-state index contributed by atoms with van der Waals surface area (Å²) < 4.78 is 0. The molecule has 0 aliphatic carbocycles. The molecule has 2 aromatic rings. The first-order chi connectivity index (χ1) is 8.66. The molecule has 0 saturated heterocycles. The topological polar surface area (TPSA) is 75.1 Å². The van der Waals surface area contributed by atoms with Gasteiger partial charge in [0, 0.05) is 12.4 Å². The Bertz CT molecular complexity index is 543. The van der Waals surface area contributed by atoms with Crippen molar-refractivity contribution in [1.82, 2.24) is 9.97 Å². The second-order valence-corrected chi connectivity index (χ2v) is 3.86. The van der Waals surface area contributed by atoms with Crippen molar-refractivity contribution in [3.05, 3.63) is 54.0 Å². The number of carboxylic acid groups (broad SMARTS) is 1. The fraction of sp³-hybridized carbons (Fsp3) is 0.154. The second-order valence-electron chi connectivity index (χ2n) is 3.86. The van der Waals surface area contributed by atoms with Crippen molar-refractivity contribution in [2.24, 2.45) is 0 Å². The van der Waals surface area contributed by atoms with Crippen LogP contribution < -0.4 is 5.32 Å². The fourth-order valence-electron chi connectivity index (χ4n) is 1.57. The minimum absolute atomic E-state index is 0.0391. The standard InChI is InChI=1S/C13H13N3O2/c1-9(11-4-2-3-6-14-11)16-12-8-10(13(17)18)5-7-15-12/h2-9H,1H3,(H,15,16)(H,17,18). The number of hydrogen-bond donors (Lipinski definition) is 2. The number of nitrogens with one attached hydrogen (secondary N) is 1. The van der Waals surface area contributed by atoms with Crippen molar-refractivity contribution < 1.29 is 9.90 Å². The van der Waals surface area contributed by atoms with E-state index in [9.17, 15) is 4.79 Å². The number of anilines is 1. The second kappa shape index (κ2) is 5.27. The number of carboxylic acids is 1. The van der Waals surface area contributed by atoms with Crippen molar-refractivity contribution in [2.45, 2.75) is 13.0 Å². The molecule has 0 radical (unpaired) electrons. The number of carbonyl (C=O) groups is 1. The average Bonchev–Trinajstić information content (AvgIpc) is 2.40. The average molecular weight is 243 g/mol. The Morgan fingerprint density at radius 1 is 1.28 bits per heavy atom. The summed E-state index contributed by atoms with van der Waals surface area (Å²) in [7, 11) is 0. The summed E-state index contributed by atoms with van der Waals surface area (Å²) in [4.78, 5) is 19.2. The van der Waals surface area contributed by atoms with Crippen LogP contribution >= 0.6 is 0 Å². The number of aromatic carboxylic acids is 1. The molecule has 0 bridgehead atoms. The summed E-state index contributed by atoms with van der Waals surface area (Å²) in [6.45, 7) is 1.94. The van der Waals surface area contributed by atoms with E-state index < -0.39 is 5.97 Å². The van der Waals surface area contributed by atoms with Gasteiger partial charge in [-0.3, -0.25) is 4.98 Å². The highest BCUT2D eigenvalue weighted by atomic mass is 16.4. The van der Waals surface area contributed by atoms with E-state index in [-0.39, 0.29) is 11.6 Å². The monoisotopic (exact) mass is 243 g/mol. The van der Waals surface area contributed by atoms with Gasteiger partial charge < -0.3 is 10.4 Å². The Labute approximate surface area is 105 Å². The Morgan fingerprint density at radius 3 is 2.78 bits per heavy atom. The molecule has 2 aromatic heterocycles. The van der Waals surface area contributed by atoms with E-state index in [0.29, 0.717) is 5.82 Å². The molecule has 2 heterocycles. The van der Waals surface area contributed by atoms with Crippen LogP contribution in [0.25, 0.3) is 0 Å². The predicted octanol–water partition coefficient (Wildman–Crippen LogP) is 2.35. The molecule has 0 amide bonds. The smallest absolute Gasteiger partial charge is 0.335 e. The third kappa shape index (κ3) is 2.82. The lowest BCUT2D eigenvalue weighted by Gasteiger charge is -2.13. The Morgan fingerprint density at radius 2 is 2.11 bits per heavy atom. The van der Waals surface area contributed by atoms with Crippen LogP contribution in [0, 0.1) is 0 Å². The van der Waals surface area contributed by atoms with Crippen LogP contribution in [0.15, 0.2) is 42.7 Å². The van der Waals surface area contributed by atoms with Gasteiger partial charge in [0.25, 0.3) is 0 Å². The normalized spacial score (nSPS) is 11.8. The van der Waals surface area contributed by atoms with E-state index in [2.05, 4.69) is 15.3 Å². The number of aromatic nitrogens is 2. The van der Waals surface area contributed by atoms with Crippen LogP contribution in [-0.2, 0) is 0 Å². The van der Waals surface area contributed by atoms with Gasteiger partial charge in [-0.2, -0.15) is 0 Å². The summed E-state index contributed by atoms with van der Waals surface area (Å²) in [6, 6.07) is 8.57. The highest BCUT2D eigenvalue weighted by Gasteiger charge is 2.09. The van der Waals surface area contributed by atoms with E-state index in [0.717, 1.165) is 5.69 Å². The molecule has 1 atom stereocenters. The molecule has 5 heteroatoms. The van der Waals surface area contributed by atoms with E-state index in [1.165, 1.54) is 18.3 Å². The number of hydrogen-bond acceptors (Lipinski definition) is 4. The maximum atomic E-state index is 10.8. The van der Waals surface area contributed by atoms with Crippen molar-refractivity contribution >= 4 is 11.8 Å². The molecular weight excluding hydrogens is 230 g/mol. The number of pyridine rings is 2. The first-order valence-corrected chi connectivity index (χ1v) is 5.53. The molecule has 18 heavy (non-hydrogen) atoms. The first-order valence-electron chi connectivity index (χ1n) is 5.53. The largest absolute Gasteiger partial charge is 0.478 e. The van der Waals surface area contributed by atoms with Gasteiger partial charge in [-0.25, -0.2) is 9.78 Å². The first kappa shape index (κ1) is 12.0. The minimum atomic E-state index is -0.967. The lowest BCUT2D eigenvalue weighted by Crippen LogP contribution is -2.10. The Hall–Kier alpha value is -2.43. The van der Waals surface area contributed by atoms with Crippen molar-refractivity contribution in [3.63, 3.8) is 0 Å². The molecule has 0 saturated carbocycles. The summed E-state index contributed by atoms with van der Waals surface area (Å²) in [5.74, 6) is -0.445. The number of rotatable bonds is 4. The predicted molar refractivity (Wildman–Crippen MR) is 67.5 cm³/mol. The highest BCUT2D eigenvalue weighted by Crippen LogP contribution is 2.16. The van der Waals surface area contributed by atoms with Crippen LogP contribution in [0.2, 0.25) is 0 Å². The van der Waals surface area contributed by atoms with Gasteiger partial charge in [-0.05, 0) is 31.2 Å². The fourth-order valence-corrected chi connectivity index (χ4v) is 1.57. The lowest BCUT2D eigenvalue weighted by molar-refractivity contribution is 0.0697. The molecule has 0 aliphatic heterocycles. The van der Waals surface area contributed by atoms with Gasteiger partial charge in [0.2, 0.25) is 0 Å². The third-order valence-electron chi connectivity index (χ3n) is 2.50. The van der Waals surface area contributed by atoms with Crippen molar-refractivity contribution in [3.8, 4) is 0 Å². The summed E-state index contributed by atoms with van der Waals surface area (Å²) in [6.07, 6.45) is 3.19. The van der Waals surface area contributed by atoms with E-state index in [1.807, 2.05) is 25.1 Å². The van der Waals surface area contributed by atoms with E-state index >= 15 is 0 Å². The zero-order valence-corrected chi connectivity index (χ0v) is 9.87. The SMILES string of the molecule is CC(Nc1cc(C(=O)O)ccn1)c1ccccn1. The quantitative estimate of drug-likeness (QED) is 0.862. The zero-order chi connectivity index (χ0) is 13.0. The molecular formula is C13H13N3O2. The lowest BCUT2D eigenvalue weighted by atomic mass is 10.2. The van der Waals surface area contributed by atoms with Crippen molar-refractivity contribution in [2.75, 3.05) is 5.32 Å². The molecule has 0 aromatic carbocycles. The summed E-state index contributed by atoms with van der Waals surface area (Å²) in [5, 5.41) is 12.0. The summed E-state index contributed by atoms with van der Waals surface area (Å²) in [5.41, 5.74) is 1.08. The minimum Gasteiger partial charge on any atom is -0.478 e. The highest BCUT2D eigenvalue weighted by molar-refractivity contribution is 5.88. The van der Waals surface area contributed by atoms with Gasteiger partial charge >= 0.3 is 5.97 Å². The molecule has 0 aliphatic rings. The van der Waals surface area contributed by atoms with Crippen molar-refractivity contribution in [1.29, 1.82) is 0 Å². The Balaban J connectivity index is 2.14. The molecule has 0 spiro atoms.